The maximum atomic E-state index is 10.3. The Morgan fingerprint density at radius 1 is 1.33 bits per heavy atom. The maximum Gasteiger partial charge on any atom is 0.120 e. The monoisotopic (exact) mass is 160 g/mol. The molecule has 62 valence electrons. The lowest BCUT2D eigenvalue weighted by atomic mass is 9.97. The molecule has 1 nitrogen and oxygen atoms in total. The highest BCUT2D eigenvalue weighted by atomic mass is 16.1. The number of carbonyl (C=O) groups excluding carboxylic acids is 1. The minimum Gasteiger partial charge on any atom is -0.303 e. The number of allylic oxidation sites excluding steroid dienone is 1. The van der Waals surface area contributed by atoms with E-state index in [-0.39, 0.29) is 5.92 Å². The quantitative estimate of drug-likeness (QED) is 0.488. The molecule has 1 aromatic rings. The Labute approximate surface area is 72.7 Å². The fraction of sp³-hybridized carbons (Fsp3) is 0.182. The Morgan fingerprint density at radius 2 is 2.00 bits per heavy atom. The van der Waals surface area contributed by atoms with Crippen LogP contribution in [0.1, 0.15) is 17.9 Å². The average Bonchev–Trinajstić information content (AvgIpc) is 2.15. The third-order valence-electron chi connectivity index (χ3n) is 1.86. The van der Waals surface area contributed by atoms with Crippen molar-refractivity contribution in [2.24, 2.45) is 0 Å². The summed E-state index contributed by atoms with van der Waals surface area (Å²) in [6.07, 6.45) is 3.26. The van der Waals surface area contributed by atoms with Crippen LogP contribution in [0.2, 0.25) is 0 Å². The number of rotatable bonds is 4. The number of hydrogen-bond acceptors (Lipinski definition) is 1. The van der Waals surface area contributed by atoms with Crippen LogP contribution in [0.15, 0.2) is 43.0 Å². The molecule has 0 spiro atoms. The zero-order valence-corrected chi connectivity index (χ0v) is 6.94. The van der Waals surface area contributed by atoms with Crippen molar-refractivity contribution in [3.63, 3.8) is 0 Å². The fourth-order valence-electron chi connectivity index (χ4n) is 1.17. The van der Waals surface area contributed by atoms with Crippen LogP contribution in [-0.4, -0.2) is 6.29 Å². The van der Waals surface area contributed by atoms with Gasteiger partial charge in [0.25, 0.3) is 0 Å². The summed E-state index contributed by atoms with van der Waals surface area (Å²) < 4.78 is 0. The van der Waals surface area contributed by atoms with E-state index >= 15 is 0 Å². The Kier molecular flexibility index (Phi) is 3.27. The van der Waals surface area contributed by atoms with E-state index in [2.05, 4.69) is 6.58 Å². The van der Waals surface area contributed by atoms with Crippen molar-refractivity contribution in [1.29, 1.82) is 0 Å². The first-order valence-electron chi connectivity index (χ1n) is 3.99. The van der Waals surface area contributed by atoms with Gasteiger partial charge >= 0.3 is 0 Å². The zero-order chi connectivity index (χ0) is 8.81. The van der Waals surface area contributed by atoms with Gasteiger partial charge in [0, 0.05) is 12.3 Å². The summed E-state index contributed by atoms with van der Waals surface area (Å²) >= 11 is 0. The molecule has 1 atom stereocenters. The summed E-state index contributed by atoms with van der Waals surface area (Å²) in [5, 5.41) is 0. The lowest BCUT2D eigenvalue weighted by Crippen LogP contribution is -1.94. The second kappa shape index (κ2) is 4.50. The number of benzene rings is 1. The van der Waals surface area contributed by atoms with Gasteiger partial charge in [0.05, 0.1) is 0 Å². The number of aldehydes is 1. The molecule has 0 fully saturated rings. The van der Waals surface area contributed by atoms with Gasteiger partial charge in [-0.1, -0.05) is 36.4 Å². The van der Waals surface area contributed by atoms with Crippen LogP contribution in [0.25, 0.3) is 0 Å². The van der Waals surface area contributed by atoms with Crippen molar-refractivity contribution in [2.45, 2.75) is 12.3 Å². The van der Waals surface area contributed by atoms with Crippen molar-refractivity contribution in [1.82, 2.24) is 0 Å². The van der Waals surface area contributed by atoms with E-state index in [1.54, 1.807) is 0 Å². The largest absolute Gasteiger partial charge is 0.303 e. The normalized spacial score (nSPS) is 12.0. The minimum atomic E-state index is 0.170. The maximum absolute atomic E-state index is 10.3. The van der Waals surface area contributed by atoms with Gasteiger partial charge in [0.2, 0.25) is 0 Å². The van der Waals surface area contributed by atoms with Gasteiger partial charge in [-0.2, -0.15) is 0 Å². The first kappa shape index (κ1) is 8.72. The predicted molar refractivity (Wildman–Crippen MR) is 50.1 cm³/mol. The molecule has 12 heavy (non-hydrogen) atoms. The Bertz CT molecular complexity index is 251. The van der Waals surface area contributed by atoms with Crippen LogP contribution in [0.3, 0.4) is 0 Å². The molecule has 1 rings (SSSR count). The van der Waals surface area contributed by atoms with Crippen molar-refractivity contribution in [3.05, 3.63) is 48.6 Å². The standard InChI is InChI=1S/C11H12O/c1-2-10(8-9-12)11-6-4-3-5-7-11/h2-7,9-10H,1,8H2/t10-/m1/s1. The molecule has 0 saturated heterocycles. The topological polar surface area (TPSA) is 17.1 Å². The van der Waals surface area contributed by atoms with Gasteiger partial charge in [0.1, 0.15) is 6.29 Å². The summed E-state index contributed by atoms with van der Waals surface area (Å²) in [6, 6.07) is 9.92. The average molecular weight is 160 g/mol. The third kappa shape index (κ3) is 2.06. The van der Waals surface area contributed by atoms with Crippen LogP contribution in [0.4, 0.5) is 0 Å². The molecule has 0 radical (unpaired) electrons. The Balaban J connectivity index is 2.79. The molecule has 0 aliphatic heterocycles. The van der Waals surface area contributed by atoms with Gasteiger partial charge in [-0.3, -0.25) is 0 Å². The summed E-state index contributed by atoms with van der Waals surface area (Å²) in [5.74, 6) is 0.170. The van der Waals surface area contributed by atoms with Crippen molar-refractivity contribution in [2.75, 3.05) is 0 Å². The lowest BCUT2D eigenvalue weighted by Gasteiger charge is -2.07. The smallest absolute Gasteiger partial charge is 0.120 e. The third-order valence-corrected chi connectivity index (χ3v) is 1.86. The first-order chi connectivity index (χ1) is 5.88. The SMILES string of the molecule is C=C[C@H](CC=O)c1ccccc1. The summed E-state index contributed by atoms with van der Waals surface area (Å²) in [5.41, 5.74) is 1.15. The van der Waals surface area contributed by atoms with E-state index in [1.807, 2.05) is 36.4 Å². The van der Waals surface area contributed by atoms with E-state index in [0.29, 0.717) is 6.42 Å². The van der Waals surface area contributed by atoms with E-state index in [9.17, 15) is 4.79 Å². The molecule has 0 bridgehead atoms. The van der Waals surface area contributed by atoms with Crippen LogP contribution < -0.4 is 0 Å². The zero-order valence-electron chi connectivity index (χ0n) is 6.94. The highest BCUT2D eigenvalue weighted by molar-refractivity contribution is 5.52. The van der Waals surface area contributed by atoms with Gasteiger partial charge in [-0.15, -0.1) is 6.58 Å². The summed E-state index contributed by atoms with van der Waals surface area (Å²) in [4.78, 5) is 10.3. The van der Waals surface area contributed by atoms with Gasteiger partial charge < -0.3 is 4.79 Å². The molecule has 0 aliphatic rings. The highest BCUT2D eigenvalue weighted by Gasteiger charge is 2.04. The van der Waals surface area contributed by atoms with E-state index in [1.165, 1.54) is 0 Å². The molecule has 1 heteroatoms. The molecular formula is C11H12O. The van der Waals surface area contributed by atoms with Gasteiger partial charge in [-0.05, 0) is 5.56 Å². The van der Waals surface area contributed by atoms with Crippen LogP contribution in [0.5, 0.6) is 0 Å². The van der Waals surface area contributed by atoms with Crippen LogP contribution in [0, 0.1) is 0 Å². The second-order valence-electron chi connectivity index (χ2n) is 2.66. The molecule has 1 aromatic carbocycles. The number of hydrogen-bond donors (Lipinski definition) is 0. The summed E-state index contributed by atoms with van der Waals surface area (Å²) in [7, 11) is 0. The lowest BCUT2D eigenvalue weighted by molar-refractivity contribution is -0.108. The summed E-state index contributed by atoms with van der Waals surface area (Å²) in [6.45, 7) is 3.70. The van der Waals surface area contributed by atoms with Crippen LogP contribution >= 0.6 is 0 Å². The molecule has 0 aliphatic carbocycles. The predicted octanol–water partition coefficient (Wildman–Crippen LogP) is 2.55. The van der Waals surface area contributed by atoms with E-state index in [0.717, 1.165) is 11.8 Å². The number of carbonyl (C=O) groups is 1. The Morgan fingerprint density at radius 3 is 2.50 bits per heavy atom. The van der Waals surface area contributed by atoms with Crippen molar-refractivity contribution >= 4 is 6.29 Å². The Hall–Kier alpha value is -1.37. The van der Waals surface area contributed by atoms with E-state index < -0.39 is 0 Å². The van der Waals surface area contributed by atoms with Gasteiger partial charge in [0.15, 0.2) is 0 Å². The molecule has 0 N–H and O–H groups in total. The molecule has 0 aromatic heterocycles. The molecule has 0 heterocycles. The molecule has 0 saturated carbocycles. The first-order valence-corrected chi connectivity index (χ1v) is 3.99. The molecule has 0 unspecified atom stereocenters. The van der Waals surface area contributed by atoms with Crippen LogP contribution in [-0.2, 0) is 4.79 Å². The molecular weight excluding hydrogens is 148 g/mol. The van der Waals surface area contributed by atoms with E-state index in [4.69, 9.17) is 0 Å². The van der Waals surface area contributed by atoms with Gasteiger partial charge in [-0.25, -0.2) is 0 Å². The minimum absolute atomic E-state index is 0.170. The highest BCUT2D eigenvalue weighted by Crippen LogP contribution is 2.18. The fourth-order valence-corrected chi connectivity index (χ4v) is 1.17. The second-order valence-corrected chi connectivity index (χ2v) is 2.66. The van der Waals surface area contributed by atoms with Crippen molar-refractivity contribution in [3.8, 4) is 0 Å². The van der Waals surface area contributed by atoms with Crippen molar-refractivity contribution < 1.29 is 4.79 Å². The molecule has 0 amide bonds.